The van der Waals surface area contributed by atoms with Gasteiger partial charge in [0.15, 0.2) is 11.6 Å². The second kappa shape index (κ2) is 5.82. The maximum Gasteiger partial charge on any atom is 0.182 e. The van der Waals surface area contributed by atoms with Crippen LogP contribution in [0.2, 0.25) is 0 Å². The number of hydrogen-bond donors (Lipinski definition) is 2. The SMILES string of the molecule is COc1c(C)ncnc1NCC1CCNCC1. The average molecular weight is 236 g/mol. The average Bonchev–Trinajstić information content (AvgIpc) is 2.37. The van der Waals surface area contributed by atoms with Crippen LogP contribution in [0, 0.1) is 12.8 Å². The van der Waals surface area contributed by atoms with Crippen molar-refractivity contribution in [2.24, 2.45) is 5.92 Å². The maximum atomic E-state index is 5.32. The number of nitrogens with zero attached hydrogens (tertiary/aromatic N) is 2. The molecule has 0 saturated carbocycles. The van der Waals surface area contributed by atoms with Crippen LogP contribution >= 0.6 is 0 Å². The number of hydrogen-bond acceptors (Lipinski definition) is 5. The van der Waals surface area contributed by atoms with Crippen LogP contribution in [0.3, 0.4) is 0 Å². The number of nitrogens with one attached hydrogen (secondary N) is 2. The third kappa shape index (κ3) is 3.06. The number of rotatable bonds is 4. The Labute approximate surface area is 102 Å². The zero-order chi connectivity index (χ0) is 12.1. The molecule has 1 aliphatic rings. The molecule has 0 unspecified atom stereocenters. The molecule has 5 nitrogen and oxygen atoms in total. The van der Waals surface area contributed by atoms with Crippen LogP contribution < -0.4 is 15.4 Å². The summed E-state index contributed by atoms with van der Waals surface area (Å²) >= 11 is 0. The van der Waals surface area contributed by atoms with Gasteiger partial charge in [-0.05, 0) is 38.8 Å². The van der Waals surface area contributed by atoms with Crippen LogP contribution in [0.5, 0.6) is 5.75 Å². The Balaban J connectivity index is 1.95. The number of methoxy groups -OCH3 is 1. The fourth-order valence-electron chi connectivity index (χ4n) is 2.16. The lowest BCUT2D eigenvalue weighted by Crippen LogP contribution is -2.31. The highest BCUT2D eigenvalue weighted by atomic mass is 16.5. The van der Waals surface area contributed by atoms with Gasteiger partial charge in [0.2, 0.25) is 0 Å². The van der Waals surface area contributed by atoms with E-state index in [0.717, 1.165) is 42.8 Å². The molecule has 2 N–H and O–H groups in total. The van der Waals surface area contributed by atoms with Gasteiger partial charge in [0.25, 0.3) is 0 Å². The van der Waals surface area contributed by atoms with E-state index < -0.39 is 0 Å². The molecule has 2 rings (SSSR count). The Hall–Kier alpha value is -1.36. The van der Waals surface area contributed by atoms with Crippen molar-refractivity contribution < 1.29 is 4.74 Å². The van der Waals surface area contributed by atoms with E-state index in [1.807, 2.05) is 6.92 Å². The minimum Gasteiger partial charge on any atom is -0.491 e. The molecular formula is C12H20N4O. The first-order chi connectivity index (χ1) is 8.31. The van der Waals surface area contributed by atoms with Crippen LogP contribution in [0.15, 0.2) is 6.33 Å². The first-order valence-corrected chi connectivity index (χ1v) is 6.11. The molecule has 0 bridgehead atoms. The normalized spacial score (nSPS) is 16.8. The lowest BCUT2D eigenvalue weighted by molar-refractivity contribution is 0.386. The molecule has 94 valence electrons. The highest BCUT2D eigenvalue weighted by Gasteiger charge is 2.14. The first-order valence-electron chi connectivity index (χ1n) is 6.11. The van der Waals surface area contributed by atoms with Crippen LogP contribution in [0.4, 0.5) is 5.82 Å². The summed E-state index contributed by atoms with van der Waals surface area (Å²) < 4.78 is 5.32. The van der Waals surface area contributed by atoms with Gasteiger partial charge in [-0.2, -0.15) is 0 Å². The monoisotopic (exact) mass is 236 g/mol. The molecule has 5 heteroatoms. The van der Waals surface area contributed by atoms with Gasteiger partial charge in [0.05, 0.1) is 12.8 Å². The molecule has 1 aromatic rings. The molecule has 0 aromatic carbocycles. The quantitative estimate of drug-likeness (QED) is 0.822. The van der Waals surface area contributed by atoms with Crippen molar-refractivity contribution in [1.82, 2.24) is 15.3 Å². The predicted molar refractivity (Wildman–Crippen MR) is 67.4 cm³/mol. The van der Waals surface area contributed by atoms with E-state index in [9.17, 15) is 0 Å². The van der Waals surface area contributed by atoms with Gasteiger partial charge >= 0.3 is 0 Å². The van der Waals surface area contributed by atoms with Gasteiger partial charge in [-0.3, -0.25) is 0 Å². The van der Waals surface area contributed by atoms with Gasteiger partial charge in [0, 0.05) is 6.54 Å². The van der Waals surface area contributed by atoms with E-state index in [-0.39, 0.29) is 0 Å². The van der Waals surface area contributed by atoms with Gasteiger partial charge in [-0.1, -0.05) is 0 Å². The van der Waals surface area contributed by atoms with E-state index in [0.29, 0.717) is 0 Å². The summed E-state index contributed by atoms with van der Waals surface area (Å²) in [6, 6.07) is 0. The summed E-state index contributed by atoms with van der Waals surface area (Å²) in [4.78, 5) is 8.35. The minimum absolute atomic E-state index is 0.719. The Morgan fingerprint density at radius 2 is 2.18 bits per heavy atom. The van der Waals surface area contributed by atoms with E-state index in [4.69, 9.17) is 4.74 Å². The van der Waals surface area contributed by atoms with Crippen molar-refractivity contribution >= 4 is 5.82 Å². The van der Waals surface area contributed by atoms with E-state index in [2.05, 4.69) is 20.6 Å². The fourth-order valence-corrected chi connectivity index (χ4v) is 2.16. The number of aryl methyl sites for hydroxylation is 1. The molecular weight excluding hydrogens is 216 g/mol. The van der Waals surface area contributed by atoms with Crippen molar-refractivity contribution in [3.05, 3.63) is 12.0 Å². The molecule has 0 radical (unpaired) electrons. The third-order valence-electron chi connectivity index (χ3n) is 3.20. The number of aromatic nitrogens is 2. The second-order valence-electron chi connectivity index (χ2n) is 4.42. The number of ether oxygens (including phenoxy) is 1. The summed E-state index contributed by atoms with van der Waals surface area (Å²) in [6.07, 6.45) is 4.02. The molecule has 1 fully saturated rings. The summed E-state index contributed by atoms with van der Waals surface area (Å²) in [7, 11) is 1.65. The Morgan fingerprint density at radius 3 is 2.88 bits per heavy atom. The molecule has 1 aromatic heterocycles. The van der Waals surface area contributed by atoms with Crippen molar-refractivity contribution in [3.8, 4) is 5.75 Å². The van der Waals surface area contributed by atoms with E-state index in [1.165, 1.54) is 12.8 Å². The highest BCUT2D eigenvalue weighted by Crippen LogP contribution is 2.24. The molecule has 0 atom stereocenters. The largest absolute Gasteiger partial charge is 0.491 e. The highest BCUT2D eigenvalue weighted by molar-refractivity contribution is 5.51. The molecule has 0 spiro atoms. The molecule has 1 saturated heterocycles. The summed E-state index contributed by atoms with van der Waals surface area (Å²) in [5, 5.41) is 6.74. The minimum atomic E-state index is 0.719. The van der Waals surface area contributed by atoms with Gasteiger partial charge in [-0.15, -0.1) is 0 Å². The Morgan fingerprint density at radius 1 is 1.41 bits per heavy atom. The second-order valence-corrected chi connectivity index (χ2v) is 4.42. The van der Waals surface area contributed by atoms with E-state index >= 15 is 0 Å². The summed E-state index contributed by atoms with van der Waals surface area (Å²) in [5.41, 5.74) is 0.871. The van der Waals surface area contributed by atoms with Crippen molar-refractivity contribution in [3.63, 3.8) is 0 Å². The lowest BCUT2D eigenvalue weighted by Gasteiger charge is -2.23. The summed E-state index contributed by atoms with van der Waals surface area (Å²) in [6.45, 7) is 5.11. The van der Waals surface area contributed by atoms with Gasteiger partial charge in [-0.25, -0.2) is 9.97 Å². The zero-order valence-electron chi connectivity index (χ0n) is 10.5. The standard InChI is InChI=1S/C12H20N4O/c1-9-11(17-2)12(16-8-15-9)14-7-10-3-5-13-6-4-10/h8,10,13H,3-7H2,1-2H3,(H,14,15,16). The van der Waals surface area contributed by atoms with Crippen LogP contribution in [-0.2, 0) is 0 Å². The van der Waals surface area contributed by atoms with E-state index in [1.54, 1.807) is 13.4 Å². The van der Waals surface area contributed by atoms with Crippen molar-refractivity contribution in [2.75, 3.05) is 32.1 Å². The molecule has 0 amide bonds. The van der Waals surface area contributed by atoms with Crippen molar-refractivity contribution in [1.29, 1.82) is 0 Å². The smallest absolute Gasteiger partial charge is 0.182 e. The summed E-state index contributed by atoms with van der Waals surface area (Å²) in [5.74, 6) is 2.27. The lowest BCUT2D eigenvalue weighted by atomic mass is 9.98. The van der Waals surface area contributed by atoms with Gasteiger partial charge in [0.1, 0.15) is 6.33 Å². The third-order valence-corrected chi connectivity index (χ3v) is 3.20. The Bertz CT molecular complexity index is 364. The fraction of sp³-hybridized carbons (Fsp3) is 0.667. The van der Waals surface area contributed by atoms with Gasteiger partial charge < -0.3 is 15.4 Å². The van der Waals surface area contributed by atoms with Crippen LogP contribution in [0.25, 0.3) is 0 Å². The molecule has 0 aliphatic carbocycles. The predicted octanol–water partition coefficient (Wildman–Crippen LogP) is 1.21. The zero-order valence-corrected chi connectivity index (χ0v) is 10.5. The Kier molecular flexibility index (Phi) is 4.14. The van der Waals surface area contributed by atoms with Crippen LogP contribution in [-0.4, -0.2) is 36.7 Å². The molecule has 1 aliphatic heterocycles. The maximum absolute atomic E-state index is 5.32. The topological polar surface area (TPSA) is 59.1 Å². The number of piperidine rings is 1. The van der Waals surface area contributed by atoms with Crippen molar-refractivity contribution in [2.45, 2.75) is 19.8 Å². The molecule has 2 heterocycles. The van der Waals surface area contributed by atoms with Crippen LogP contribution in [0.1, 0.15) is 18.5 Å². The first kappa shape index (κ1) is 12.1. The number of anilines is 1. The molecule has 17 heavy (non-hydrogen) atoms.